The number of pyridine rings is 1. The Morgan fingerprint density at radius 1 is 1.02 bits per heavy atom. The van der Waals surface area contributed by atoms with Crippen LogP contribution >= 0.6 is 0 Å². The maximum absolute atomic E-state index is 13.1. The summed E-state index contributed by atoms with van der Waals surface area (Å²) in [5.41, 5.74) is -0.147. The van der Waals surface area contributed by atoms with E-state index in [0.29, 0.717) is 43.0 Å². The molecule has 2 saturated heterocycles. The van der Waals surface area contributed by atoms with E-state index in [-0.39, 0.29) is 31.2 Å². The topological polar surface area (TPSA) is 103 Å². The van der Waals surface area contributed by atoms with E-state index in [9.17, 15) is 32.7 Å². The second-order valence-corrected chi connectivity index (χ2v) is 11.6. The van der Waals surface area contributed by atoms with E-state index in [0.717, 1.165) is 43.4 Å². The number of nitrogens with zero attached hydrogens (tertiary/aromatic N) is 3. The maximum atomic E-state index is 13.1. The highest BCUT2D eigenvalue weighted by Gasteiger charge is 2.56. The molecule has 4 heterocycles. The summed E-state index contributed by atoms with van der Waals surface area (Å²) in [6, 6.07) is 7.90. The van der Waals surface area contributed by atoms with Gasteiger partial charge in [-0.25, -0.2) is 0 Å². The Labute approximate surface area is 229 Å². The van der Waals surface area contributed by atoms with E-state index < -0.39 is 34.7 Å². The molecule has 212 valence electrons. The van der Waals surface area contributed by atoms with Gasteiger partial charge in [0.2, 0.25) is 11.8 Å². The van der Waals surface area contributed by atoms with Gasteiger partial charge in [-0.1, -0.05) is 25.0 Å². The average Bonchev–Trinajstić information content (AvgIpc) is 3.51. The molecule has 40 heavy (non-hydrogen) atoms. The highest BCUT2D eigenvalue weighted by Crippen LogP contribution is 2.55. The monoisotopic (exact) mass is 556 g/mol. The number of carbonyl (C=O) groups excluding carboxylic acids is 3. The molecule has 0 radical (unpaired) electrons. The summed E-state index contributed by atoms with van der Waals surface area (Å²) in [6.45, 7) is 1.75. The van der Waals surface area contributed by atoms with Gasteiger partial charge in [-0.3, -0.25) is 29.6 Å². The van der Waals surface area contributed by atoms with Crippen LogP contribution in [-0.2, 0) is 34.5 Å². The summed E-state index contributed by atoms with van der Waals surface area (Å²) in [7, 11) is 0. The summed E-state index contributed by atoms with van der Waals surface area (Å²) >= 11 is 0. The summed E-state index contributed by atoms with van der Waals surface area (Å²) in [5, 5.41) is 14.6. The normalized spacial score (nSPS) is 26.9. The second-order valence-electron chi connectivity index (χ2n) is 11.6. The van der Waals surface area contributed by atoms with Crippen molar-refractivity contribution in [2.75, 3.05) is 13.1 Å². The number of alkyl halides is 3. The molecule has 8 nitrogen and oxygen atoms in total. The van der Waals surface area contributed by atoms with Crippen LogP contribution in [-0.4, -0.2) is 56.7 Å². The third-order valence-corrected chi connectivity index (χ3v) is 9.24. The minimum atomic E-state index is -4.37. The molecule has 6 rings (SSSR count). The van der Waals surface area contributed by atoms with Gasteiger partial charge >= 0.3 is 6.18 Å². The van der Waals surface area contributed by atoms with Gasteiger partial charge in [0.1, 0.15) is 11.6 Å². The SMILES string of the molecule is O=C1CC[C@@H](N2Cc3nc([C@@]4(O)CCN(Cc5ccc(C(F)(F)F)cc5)CC45CCCC5)ccc3C2=O)C(=O)N1. The highest BCUT2D eigenvalue weighted by atomic mass is 19.4. The van der Waals surface area contributed by atoms with Crippen molar-refractivity contribution >= 4 is 17.7 Å². The van der Waals surface area contributed by atoms with Crippen molar-refractivity contribution < 1.29 is 32.7 Å². The van der Waals surface area contributed by atoms with Crippen molar-refractivity contribution in [1.29, 1.82) is 0 Å². The van der Waals surface area contributed by atoms with Crippen LogP contribution in [0.5, 0.6) is 0 Å². The number of hydrogen-bond acceptors (Lipinski definition) is 6. The van der Waals surface area contributed by atoms with Gasteiger partial charge in [0.05, 0.1) is 29.1 Å². The molecule has 1 saturated carbocycles. The third kappa shape index (κ3) is 4.49. The molecule has 2 atom stereocenters. The van der Waals surface area contributed by atoms with Crippen LogP contribution in [0.4, 0.5) is 13.2 Å². The molecule has 1 aliphatic carbocycles. The van der Waals surface area contributed by atoms with Crippen molar-refractivity contribution in [1.82, 2.24) is 20.1 Å². The number of imide groups is 1. The van der Waals surface area contributed by atoms with Gasteiger partial charge in [0, 0.05) is 31.5 Å². The van der Waals surface area contributed by atoms with E-state index >= 15 is 0 Å². The van der Waals surface area contributed by atoms with E-state index in [2.05, 4.69) is 10.2 Å². The summed E-state index contributed by atoms with van der Waals surface area (Å²) < 4.78 is 38.9. The Bertz CT molecular complexity index is 1360. The number of fused-ring (bicyclic) bond motifs is 1. The lowest BCUT2D eigenvalue weighted by Crippen LogP contribution is -2.57. The van der Waals surface area contributed by atoms with Crippen LogP contribution in [0.3, 0.4) is 0 Å². The zero-order valence-electron chi connectivity index (χ0n) is 22.0. The van der Waals surface area contributed by atoms with Crippen LogP contribution in [0.1, 0.15) is 77.8 Å². The number of piperidine rings is 2. The van der Waals surface area contributed by atoms with E-state index in [1.54, 1.807) is 12.1 Å². The van der Waals surface area contributed by atoms with Gasteiger partial charge in [0.25, 0.3) is 5.91 Å². The first kappa shape index (κ1) is 26.9. The lowest BCUT2D eigenvalue weighted by molar-refractivity contribution is -0.144. The summed E-state index contributed by atoms with van der Waals surface area (Å²) in [4.78, 5) is 45.6. The molecule has 11 heteroatoms. The number of aliphatic hydroxyl groups is 1. The number of likely N-dealkylation sites (tertiary alicyclic amines) is 1. The third-order valence-electron chi connectivity index (χ3n) is 9.24. The highest BCUT2D eigenvalue weighted by molar-refractivity contribution is 6.05. The van der Waals surface area contributed by atoms with Gasteiger partial charge in [-0.05, 0) is 55.5 Å². The Balaban J connectivity index is 1.22. The molecule has 0 unspecified atom stereocenters. The zero-order valence-corrected chi connectivity index (χ0v) is 22.0. The van der Waals surface area contributed by atoms with Crippen LogP contribution in [0.2, 0.25) is 0 Å². The fourth-order valence-electron chi connectivity index (χ4n) is 7.10. The lowest BCUT2D eigenvalue weighted by Gasteiger charge is -2.52. The molecule has 2 N–H and O–H groups in total. The molecular weight excluding hydrogens is 525 g/mol. The number of amides is 3. The molecule has 0 bridgehead atoms. The Morgan fingerprint density at radius 2 is 1.75 bits per heavy atom. The molecule has 2 aromatic rings. The van der Waals surface area contributed by atoms with E-state index in [1.807, 2.05) is 0 Å². The number of halogens is 3. The Morgan fingerprint density at radius 3 is 2.42 bits per heavy atom. The zero-order chi connectivity index (χ0) is 28.3. The average molecular weight is 557 g/mol. The number of aromatic nitrogens is 1. The minimum absolute atomic E-state index is 0.136. The minimum Gasteiger partial charge on any atom is -0.383 e. The lowest BCUT2D eigenvalue weighted by atomic mass is 9.64. The number of rotatable bonds is 4. The molecule has 3 aliphatic heterocycles. The van der Waals surface area contributed by atoms with Crippen molar-refractivity contribution in [2.45, 2.75) is 75.9 Å². The van der Waals surface area contributed by atoms with Crippen LogP contribution in [0, 0.1) is 5.41 Å². The Kier molecular flexibility index (Phi) is 6.49. The molecule has 3 amide bonds. The molecule has 1 spiro atoms. The maximum Gasteiger partial charge on any atom is 0.416 e. The fraction of sp³-hybridized carbons (Fsp3) is 0.517. The molecule has 1 aromatic carbocycles. The largest absolute Gasteiger partial charge is 0.416 e. The number of hydrogen-bond donors (Lipinski definition) is 2. The van der Waals surface area contributed by atoms with Crippen molar-refractivity contribution in [3.63, 3.8) is 0 Å². The standard InChI is InChI=1S/C29H31F3N4O4/c30-29(31,32)19-5-3-18(4-6-19)15-35-14-13-28(40,27(17-35)11-1-2-12-27)23-9-7-20-21(33-23)16-36(26(20)39)22-8-10-24(37)34-25(22)38/h3-7,9,22,40H,1-2,8,10-17H2,(H,34,37,38)/t22-,28+/m1/s1. The van der Waals surface area contributed by atoms with Crippen LogP contribution in [0.15, 0.2) is 36.4 Å². The van der Waals surface area contributed by atoms with Crippen LogP contribution < -0.4 is 5.32 Å². The van der Waals surface area contributed by atoms with Gasteiger partial charge in [0.15, 0.2) is 0 Å². The smallest absolute Gasteiger partial charge is 0.383 e. The van der Waals surface area contributed by atoms with Crippen molar-refractivity contribution in [2.24, 2.45) is 5.41 Å². The summed E-state index contributed by atoms with van der Waals surface area (Å²) in [6.07, 6.45) is -0.0172. The molecular formula is C29H31F3N4O4. The fourth-order valence-corrected chi connectivity index (χ4v) is 7.10. The quantitative estimate of drug-likeness (QED) is 0.559. The van der Waals surface area contributed by atoms with E-state index in [4.69, 9.17) is 4.98 Å². The number of benzene rings is 1. The van der Waals surface area contributed by atoms with Gasteiger partial charge < -0.3 is 10.0 Å². The first-order valence-electron chi connectivity index (χ1n) is 13.8. The van der Waals surface area contributed by atoms with Crippen molar-refractivity contribution in [3.05, 3.63) is 64.5 Å². The first-order chi connectivity index (χ1) is 19.0. The predicted octanol–water partition coefficient (Wildman–Crippen LogP) is 3.52. The second kappa shape index (κ2) is 9.66. The van der Waals surface area contributed by atoms with Crippen molar-refractivity contribution in [3.8, 4) is 0 Å². The first-order valence-corrected chi connectivity index (χ1v) is 13.8. The summed E-state index contributed by atoms with van der Waals surface area (Å²) in [5.74, 6) is -1.14. The molecule has 4 aliphatic rings. The number of carbonyl (C=O) groups is 3. The Hall–Kier alpha value is -3.31. The van der Waals surface area contributed by atoms with E-state index in [1.165, 1.54) is 17.0 Å². The van der Waals surface area contributed by atoms with Gasteiger partial charge in [-0.2, -0.15) is 13.2 Å². The molecule has 1 aromatic heterocycles. The molecule has 3 fully saturated rings. The predicted molar refractivity (Wildman–Crippen MR) is 136 cm³/mol. The van der Waals surface area contributed by atoms with Gasteiger partial charge in [-0.15, -0.1) is 0 Å². The number of nitrogens with one attached hydrogen (secondary N) is 1. The van der Waals surface area contributed by atoms with Crippen LogP contribution in [0.25, 0.3) is 0 Å².